The number of hydrogen-bond acceptors (Lipinski definition) is 3. The van der Waals surface area contributed by atoms with E-state index in [0.29, 0.717) is 18.8 Å². The minimum Gasteiger partial charge on any atom is -0.366 e. The van der Waals surface area contributed by atoms with E-state index in [9.17, 15) is 18.0 Å². The largest absolute Gasteiger partial charge is 0.416 e. The zero-order chi connectivity index (χ0) is 19.6. The first-order valence-electron chi connectivity index (χ1n) is 8.48. The number of hydrogen-bond donors (Lipinski definition) is 1. The molecule has 1 aliphatic heterocycles. The summed E-state index contributed by atoms with van der Waals surface area (Å²) in [6, 6.07) is 12.8. The number of nitrogens with one attached hydrogen (secondary N) is 1. The molecule has 0 spiro atoms. The molecule has 1 heterocycles. The Morgan fingerprint density at radius 3 is 2.41 bits per heavy atom. The highest BCUT2D eigenvalue weighted by atomic mass is 19.4. The van der Waals surface area contributed by atoms with Gasteiger partial charge in [0.2, 0.25) is 5.91 Å². The Morgan fingerprint density at radius 2 is 1.81 bits per heavy atom. The van der Waals surface area contributed by atoms with Gasteiger partial charge >= 0.3 is 6.18 Å². The summed E-state index contributed by atoms with van der Waals surface area (Å²) in [5.41, 5.74) is 1.85. The van der Waals surface area contributed by atoms with Crippen molar-refractivity contribution in [3.05, 3.63) is 66.7 Å². The molecule has 0 radical (unpaired) electrons. The quantitative estimate of drug-likeness (QED) is 0.822. The van der Waals surface area contributed by atoms with Crippen molar-refractivity contribution in [2.45, 2.75) is 12.2 Å². The number of likely N-dealkylation sites (N-methyl/N-ethyl adjacent to an activating group) is 1. The summed E-state index contributed by atoms with van der Waals surface area (Å²) in [7, 11) is 1.94. The van der Waals surface area contributed by atoms with Crippen LogP contribution in [0.25, 0.3) is 0 Å². The minimum atomic E-state index is -4.37. The number of amides is 1. The average Bonchev–Trinajstić information content (AvgIpc) is 2.67. The maximum absolute atomic E-state index is 12.9. The van der Waals surface area contributed by atoms with Crippen LogP contribution in [-0.4, -0.2) is 32.1 Å². The number of halogens is 3. The van der Waals surface area contributed by atoms with E-state index in [1.807, 2.05) is 36.2 Å². The van der Waals surface area contributed by atoms with Crippen molar-refractivity contribution in [3.8, 4) is 0 Å². The minimum absolute atomic E-state index is 0.0499. The van der Waals surface area contributed by atoms with Crippen molar-refractivity contribution in [1.29, 1.82) is 0 Å². The molecule has 27 heavy (non-hydrogen) atoms. The van der Waals surface area contributed by atoms with Gasteiger partial charge in [-0.1, -0.05) is 18.7 Å². The molecule has 3 rings (SSSR count). The first kappa shape index (κ1) is 18.8. The lowest BCUT2D eigenvalue weighted by Gasteiger charge is -2.43. The van der Waals surface area contributed by atoms with E-state index in [-0.39, 0.29) is 11.9 Å². The summed E-state index contributed by atoms with van der Waals surface area (Å²) in [5, 5.41) is 2.79. The number of fused-ring (bicyclic) bond motifs is 1. The number of anilines is 3. The number of alkyl halides is 3. The standard InChI is InChI=1S/C20H20F3N3O/c1-3-19(27)24-12-16-13-26(18-7-5-4-6-17(18)25(16)2)15-10-8-14(9-11-15)20(21,22)23/h3-11,16H,1,12-13H2,2H3,(H,24,27)/t16-/m1/s1. The molecule has 0 saturated heterocycles. The lowest BCUT2D eigenvalue weighted by molar-refractivity contribution is -0.137. The summed E-state index contributed by atoms with van der Waals surface area (Å²) in [4.78, 5) is 15.6. The molecular weight excluding hydrogens is 355 g/mol. The third kappa shape index (κ3) is 3.92. The molecule has 2 aromatic rings. The highest BCUT2D eigenvalue weighted by Gasteiger charge is 2.32. The SMILES string of the molecule is C=CC(=O)NC[C@@H]1CN(c2ccc(C(F)(F)F)cc2)c2ccccc2N1C. The molecule has 0 unspecified atom stereocenters. The molecule has 0 aromatic heterocycles. The third-order valence-corrected chi connectivity index (χ3v) is 4.70. The first-order chi connectivity index (χ1) is 12.8. The third-order valence-electron chi connectivity index (χ3n) is 4.70. The van der Waals surface area contributed by atoms with Crippen LogP contribution in [0.1, 0.15) is 5.56 Å². The summed E-state index contributed by atoms with van der Waals surface area (Å²) in [6.45, 7) is 4.36. The average molecular weight is 375 g/mol. The van der Waals surface area contributed by atoms with Crippen LogP contribution in [0.15, 0.2) is 61.2 Å². The Bertz CT molecular complexity index is 833. The molecule has 2 aromatic carbocycles. The Hall–Kier alpha value is -2.96. The second-order valence-electron chi connectivity index (χ2n) is 6.36. The van der Waals surface area contributed by atoms with Gasteiger partial charge in [0.1, 0.15) is 0 Å². The van der Waals surface area contributed by atoms with E-state index in [2.05, 4.69) is 16.8 Å². The maximum Gasteiger partial charge on any atom is 0.416 e. The Labute approximate surface area is 155 Å². The van der Waals surface area contributed by atoms with Crippen molar-refractivity contribution >= 4 is 23.0 Å². The molecule has 1 N–H and O–H groups in total. The van der Waals surface area contributed by atoms with E-state index in [4.69, 9.17) is 0 Å². The lowest BCUT2D eigenvalue weighted by atomic mass is 10.1. The Balaban J connectivity index is 1.92. The van der Waals surface area contributed by atoms with E-state index in [1.54, 1.807) is 0 Å². The second kappa shape index (κ2) is 7.34. The van der Waals surface area contributed by atoms with Gasteiger partial charge in [-0.3, -0.25) is 4.79 Å². The fraction of sp³-hybridized carbons (Fsp3) is 0.250. The van der Waals surface area contributed by atoms with Crippen LogP contribution in [0.5, 0.6) is 0 Å². The zero-order valence-corrected chi connectivity index (χ0v) is 14.8. The Morgan fingerprint density at radius 1 is 1.19 bits per heavy atom. The van der Waals surface area contributed by atoms with Gasteiger partial charge in [0.25, 0.3) is 0 Å². The zero-order valence-electron chi connectivity index (χ0n) is 14.8. The van der Waals surface area contributed by atoms with Crippen LogP contribution in [0.4, 0.5) is 30.2 Å². The predicted molar refractivity (Wildman–Crippen MR) is 100 cm³/mol. The number of rotatable bonds is 4. The van der Waals surface area contributed by atoms with E-state index in [0.717, 1.165) is 23.5 Å². The van der Waals surface area contributed by atoms with Crippen LogP contribution in [0.3, 0.4) is 0 Å². The van der Waals surface area contributed by atoms with Crippen LogP contribution >= 0.6 is 0 Å². The van der Waals surface area contributed by atoms with E-state index < -0.39 is 11.7 Å². The van der Waals surface area contributed by atoms with Gasteiger partial charge in [-0.15, -0.1) is 0 Å². The van der Waals surface area contributed by atoms with Crippen molar-refractivity contribution in [1.82, 2.24) is 5.32 Å². The second-order valence-corrected chi connectivity index (χ2v) is 6.36. The van der Waals surface area contributed by atoms with Gasteiger partial charge < -0.3 is 15.1 Å². The van der Waals surface area contributed by atoms with Crippen molar-refractivity contribution in [2.24, 2.45) is 0 Å². The molecule has 1 atom stereocenters. The summed E-state index contributed by atoms with van der Waals surface area (Å²) in [6.07, 6.45) is -3.15. The van der Waals surface area contributed by atoms with E-state index >= 15 is 0 Å². The number of nitrogens with zero attached hydrogens (tertiary/aromatic N) is 2. The highest BCUT2D eigenvalue weighted by molar-refractivity contribution is 5.87. The predicted octanol–water partition coefficient (Wildman–Crippen LogP) is 3.96. The van der Waals surface area contributed by atoms with Gasteiger partial charge in [0, 0.05) is 25.8 Å². The first-order valence-corrected chi connectivity index (χ1v) is 8.48. The molecule has 1 amide bonds. The van der Waals surface area contributed by atoms with Gasteiger partial charge in [0.15, 0.2) is 0 Å². The van der Waals surface area contributed by atoms with Crippen molar-refractivity contribution < 1.29 is 18.0 Å². The molecular formula is C20H20F3N3O. The number of para-hydroxylation sites is 2. The fourth-order valence-electron chi connectivity index (χ4n) is 3.19. The van der Waals surface area contributed by atoms with E-state index in [1.165, 1.54) is 18.2 Å². The molecule has 0 saturated carbocycles. The molecule has 0 fully saturated rings. The van der Waals surface area contributed by atoms with Gasteiger partial charge in [-0.2, -0.15) is 13.2 Å². The number of benzene rings is 2. The molecule has 142 valence electrons. The van der Waals surface area contributed by atoms with Crippen molar-refractivity contribution in [2.75, 3.05) is 29.9 Å². The summed E-state index contributed by atoms with van der Waals surface area (Å²) in [5.74, 6) is -0.261. The smallest absolute Gasteiger partial charge is 0.366 e. The van der Waals surface area contributed by atoms with Crippen LogP contribution in [0.2, 0.25) is 0 Å². The lowest BCUT2D eigenvalue weighted by Crippen LogP contribution is -2.51. The van der Waals surface area contributed by atoms with Crippen molar-refractivity contribution in [3.63, 3.8) is 0 Å². The topological polar surface area (TPSA) is 35.6 Å². The highest BCUT2D eigenvalue weighted by Crippen LogP contribution is 2.39. The molecule has 7 heteroatoms. The molecule has 4 nitrogen and oxygen atoms in total. The normalized spacial score (nSPS) is 16.7. The van der Waals surface area contributed by atoms with Gasteiger partial charge in [-0.05, 0) is 42.5 Å². The van der Waals surface area contributed by atoms with Crippen LogP contribution < -0.4 is 15.1 Å². The number of carbonyl (C=O) groups is 1. The monoisotopic (exact) mass is 375 g/mol. The van der Waals surface area contributed by atoms with Gasteiger partial charge in [0.05, 0.1) is 23.0 Å². The van der Waals surface area contributed by atoms with Crippen LogP contribution in [-0.2, 0) is 11.0 Å². The summed E-state index contributed by atoms with van der Waals surface area (Å²) >= 11 is 0. The Kier molecular flexibility index (Phi) is 5.12. The molecule has 1 aliphatic rings. The number of carbonyl (C=O) groups excluding carboxylic acids is 1. The van der Waals surface area contributed by atoms with Crippen LogP contribution in [0, 0.1) is 0 Å². The summed E-state index contributed by atoms with van der Waals surface area (Å²) < 4.78 is 38.6. The molecule has 0 aliphatic carbocycles. The fourth-order valence-corrected chi connectivity index (χ4v) is 3.19. The molecule has 0 bridgehead atoms. The maximum atomic E-state index is 12.9. The van der Waals surface area contributed by atoms with Gasteiger partial charge in [-0.25, -0.2) is 0 Å².